The van der Waals surface area contributed by atoms with Crippen LogP contribution in [0.3, 0.4) is 0 Å². The maximum Gasteiger partial charge on any atom is 0.258 e. The van der Waals surface area contributed by atoms with Crippen LogP contribution in [0.25, 0.3) is 10.9 Å². The summed E-state index contributed by atoms with van der Waals surface area (Å²) in [5.74, 6) is 0.894. The number of nitrogens with zero attached hydrogens (tertiary/aromatic N) is 2. The van der Waals surface area contributed by atoms with Gasteiger partial charge in [-0.25, -0.2) is 4.98 Å². The van der Waals surface area contributed by atoms with Crippen LogP contribution in [0.4, 0.5) is 0 Å². The number of benzene rings is 1. The van der Waals surface area contributed by atoms with E-state index in [1.165, 1.54) is 0 Å². The summed E-state index contributed by atoms with van der Waals surface area (Å²) in [7, 11) is 0. The maximum absolute atomic E-state index is 12.8. The summed E-state index contributed by atoms with van der Waals surface area (Å²) in [4.78, 5) is 34.5. The second-order valence-electron chi connectivity index (χ2n) is 7.15. The van der Waals surface area contributed by atoms with E-state index in [-0.39, 0.29) is 23.4 Å². The highest BCUT2D eigenvalue weighted by atomic mass is 16.2. The van der Waals surface area contributed by atoms with Crippen molar-refractivity contribution in [3.8, 4) is 0 Å². The minimum atomic E-state index is -0.241. The summed E-state index contributed by atoms with van der Waals surface area (Å²) in [6.07, 6.45) is 6.04. The Morgan fingerprint density at radius 3 is 2.73 bits per heavy atom. The molecule has 1 amide bonds. The fourth-order valence-corrected chi connectivity index (χ4v) is 3.29. The average molecular weight is 356 g/mol. The van der Waals surface area contributed by atoms with Crippen molar-refractivity contribution in [3.05, 3.63) is 40.4 Å². The Morgan fingerprint density at radius 2 is 2.00 bits per heavy atom. The zero-order valence-electron chi connectivity index (χ0n) is 15.4. The van der Waals surface area contributed by atoms with E-state index in [0.717, 1.165) is 38.5 Å². The van der Waals surface area contributed by atoms with Gasteiger partial charge in [-0.15, -0.1) is 0 Å². The number of para-hydroxylation sites is 1. The molecule has 0 unspecified atom stereocenters. The van der Waals surface area contributed by atoms with Crippen molar-refractivity contribution in [1.82, 2.24) is 14.9 Å². The smallest absolute Gasteiger partial charge is 0.258 e. The summed E-state index contributed by atoms with van der Waals surface area (Å²) in [5, 5.41) is 0.574. The van der Waals surface area contributed by atoms with Crippen molar-refractivity contribution in [2.24, 2.45) is 11.7 Å². The van der Waals surface area contributed by atoms with Gasteiger partial charge < -0.3 is 15.6 Å². The Labute approximate surface area is 153 Å². The van der Waals surface area contributed by atoms with E-state index in [9.17, 15) is 9.59 Å². The van der Waals surface area contributed by atoms with Gasteiger partial charge >= 0.3 is 0 Å². The number of amides is 1. The van der Waals surface area contributed by atoms with Crippen LogP contribution < -0.4 is 11.3 Å². The molecule has 0 radical (unpaired) electrons. The summed E-state index contributed by atoms with van der Waals surface area (Å²) in [6.45, 7) is 3.36. The third-order valence-corrected chi connectivity index (χ3v) is 5.06. The summed E-state index contributed by atoms with van der Waals surface area (Å²) >= 11 is 0. The lowest BCUT2D eigenvalue weighted by Gasteiger charge is -2.29. The number of rotatable bonds is 9. The molecular weight excluding hydrogens is 328 g/mol. The van der Waals surface area contributed by atoms with Gasteiger partial charge in [-0.05, 0) is 51.3 Å². The number of unbranched alkanes of at least 4 members (excludes halogenated alkanes) is 3. The Balaban J connectivity index is 1.78. The lowest BCUT2D eigenvalue weighted by molar-refractivity contribution is -0.135. The van der Waals surface area contributed by atoms with Gasteiger partial charge in [-0.1, -0.05) is 25.0 Å². The van der Waals surface area contributed by atoms with Crippen molar-refractivity contribution in [1.29, 1.82) is 0 Å². The molecule has 3 N–H and O–H groups in total. The minimum Gasteiger partial charge on any atom is -0.333 e. The molecule has 6 heteroatoms. The quantitative estimate of drug-likeness (QED) is 0.676. The van der Waals surface area contributed by atoms with E-state index >= 15 is 0 Å². The van der Waals surface area contributed by atoms with Gasteiger partial charge in [0.05, 0.1) is 16.9 Å². The fourth-order valence-electron chi connectivity index (χ4n) is 3.29. The van der Waals surface area contributed by atoms with Crippen molar-refractivity contribution in [2.75, 3.05) is 13.1 Å². The van der Waals surface area contributed by atoms with Crippen LogP contribution in [0.5, 0.6) is 0 Å². The molecule has 1 saturated carbocycles. The van der Waals surface area contributed by atoms with Crippen LogP contribution in [0.15, 0.2) is 29.1 Å². The largest absolute Gasteiger partial charge is 0.333 e. The molecule has 1 heterocycles. The molecule has 140 valence electrons. The highest BCUT2D eigenvalue weighted by molar-refractivity contribution is 5.81. The molecule has 0 saturated heterocycles. The van der Waals surface area contributed by atoms with Gasteiger partial charge in [-0.3, -0.25) is 9.59 Å². The molecule has 1 atom stereocenters. The zero-order valence-corrected chi connectivity index (χ0v) is 15.4. The summed E-state index contributed by atoms with van der Waals surface area (Å²) in [6, 6.07) is 7.05. The van der Waals surface area contributed by atoms with Gasteiger partial charge in [0.2, 0.25) is 5.91 Å². The number of nitrogens with two attached hydrogens (primary N) is 1. The van der Waals surface area contributed by atoms with Crippen LogP contribution in [0.1, 0.15) is 57.3 Å². The molecule has 0 aliphatic heterocycles. The molecule has 6 nitrogen and oxygen atoms in total. The van der Waals surface area contributed by atoms with Gasteiger partial charge in [0.15, 0.2) is 0 Å². The topological polar surface area (TPSA) is 92.1 Å². The van der Waals surface area contributed by atoms with E-state index < -0.39 is 0 Å². The van der Waals surface area contributed by atoms with Gasteiger partial charge in [0.25, 0.3) is 5.56 Å². The van der Waals surface area contributed by atoms with Gasteiger partial charge in [-0.2, -0.15) is 0 Å². The first-order chi connectivity index (χ1) is 12.6. The summed E-state index contributed by atoms with van der Waals surface area (Å²) in [5.41, 5.74) is 6.06. The maximum atomic E-state index is 12.8. The summed E-state index contributed by atoms with van der Waals surface area (Å²) < 4.78 is 0. The van der Waals surface area contributed by atoms with E-state index in [0.29, 0.717) is 29.8 Å². The fraction of sp³-hybridized carbons (Fsp3) is 0.550. The monoisotopic (exact) mass is 356 g/mol. The Kier molecular flexibility index (Phi) is 6.04. The molecule has 1 fully saturated rings. The van der Waals surface area contributed by atoms with E-state index in [1.807, 2.05) is 30.0 Å². The second-order valence-corrected chi connectivity index (χ2v) is 7.15. The normalized spacial score (nSPS) is 15.2. The van der Waals surface area contributed by atoms with Crippen LogP contribution in [0.2, 0.25) is 0 Å². The van der Waals surface area contributed by atoms with Gasteiger partial charge in [0.1, 0.15) is 5.82 Å². The van der Waals surface area contributed by atoms with Crippen molar-refractivity contribution in [2.45, 2.75) is 51.5 Å². The second kappa shape index (κ2) is 8.45. The molecule has 1 aromatic heterocycles. The lowest BCUT2D eigenvalue weighted by Crippen LogP contribution is -2.37. The average Bonchev–Trinajstić information content (AvgIpc) is 3.49. The number of carbonyl (C=O) groups is 1. The molecular formula is C20H28N4O2. The van der Waals surface area contributed by atoms with Crippen LogP contribution in [-0.4, -0.2) is 33.9 Å². The first kappa shape index (κ1) is 18.6. The molecule has 0 spiro atoms. The number of nitrogens with one attached hydrogen (secondary N) is 1. The molecule has 1 aromatic carbocycles. The van der Waals surface area contributed by atoms with E-state index in [1.54, 1.807) is 6.07 Å². The van der Waals surface area contributed by atoms with Crippen molar-refractivity contribution in [3.63, 3.8) is 0 Å². The minimum absolute atomic E-state index is 0.147. The number of aromatic amines is 1. The van der Waals surface area contributed by atoms with Crippen LogP contribution >= 0.6 is 0 Å². The Morgan fingerprint density at radius 1 is 1.27 bits per heavy atom. The number of aromatic nitrogens is 2. The van der Waals surface area contributed by atoms with Crippen molar-refractivity contribution >= 4 is 16.8 Å². The number of H-pyrrole nitrogens is 1. The first-order valence-corrected chi connectivity index (χ1v) is 9.61. The number of hydrogen-bond acceptors (Lipinski definition) is 4. The predicted molar refractivity (Wildman–Crippen MR) is 103 cm³/mol. The van der Waals surface area contributed by atoms with E-state index in [4.69, 9.17) is 5.73 Å². The van der Waals surface area contributed by atoms with Crippen molar-refractivity contribution < 1.29 is 4.79 Å². The molecule has 3 rings (SSSR count). The Bertz CT molecular complexity index is 813. The molecule has 1 aliphatic rings. The van der Waals surface area contributed by atoms with Crippen LogP contribution in [0, 0.1) is 5.92 Å². The Hall–Kier alpha value is -2.21. The first-order valence-electron chi connectivity index (χ1n) is 9.61. The molecule has 1 aliphatic carbocycles. The predicted octanol–water partition coefficient (Wildman–Crippen LogP) is 2.74. The molecule has 26 heavy (non-hydrogen) atoms. The molecule has 0 bridgehead atoms. The number of hydrogen-bond donors (Lipinski definition) is 2. The lowest BCUT2D eigenvalue weighted by atomic mass is 10.1. The SMILES string of the molecule is C[C@H](c1nc2ccccc2c(=O)[nH]1)N(CCCCCCN)C(=O)C1CC1. The third kappa shape index (κ3) is 4.30. The number of carbonyl (C=O) groups excluding carboxylic acids is 1. The van der Waals surface area contributed by atoms with Gasteiger partial charge in [0, 0.05) is 12.5 Å². The number of fused-ring (bicyclic) bond motifs is 1. The highest BCUT2D eigenvalue weighted by Gasteiger charge is 2.36. The standard InChI is InChI=1S/C20H28N4O2/c1-14(18-22-17-9-5-4-8-16(17)19(25)23-18)24(20(26)15-10-11-15)13-7-3-2-6-12-21/h4-5,8-9,14-15H,2-3,6-7,10-13,21H2,1H3,(H,22,23,25)/t14-/m1/s1. The van der Waals surface area contributed by atoms with Crippen LogP contribution in [-0.2, 0) is 4.79 Å². The highest BCUT2D eigenvalue weighted by Crippen LogP contribution is 2.33. The zero-order chi connectivity index (χ0) is 18.5. The van der Waals surface area contributed by atoms with E-state index in [2.05, 4.69) is 9.97 Å². The molecule has 2 aromatic rings. The third-order valence-electron chi connectivity index (χ3n) is 5.06.